The molecule has 122 valence electrons. The summed E-state index contributed by atoms with van der Waals surface area (Å²) in [5, 5.41) is 12.2. The number of carbonyl (C=O) groups is 1. The molecule has 0 saturated carbocycles. The average Bonchev–Trinajstić information content (AvgIpc) is 2.49. The standard InChI is InChI=1S/C16H23NO5/c1-10-14(21-11(2)15(19)17-12(3)18)9-20-16(22-10)13-7-5-4-6-8-13/h4-8,10-11,14-16,19H,9H2,1-3H3,(H,17,18). The molecule has 0 aliphatic carbocycles. The van der Waals surface area contributed by atoms with Crippen LogP contribution >= 0.6 is 0 Å². The van der Waals surface area contributed by atoms with Gasteiger partial charge in [-0.2, -0.15) is 0 Å². The van der Waals surface area contributed by atoms with E-state index in [4.69, 9.17) is 14.2 Å². The van der Waals surface area contributed by atoms with Crippen molar-refractivity contribution in [3.63, 3.8) is 0 Å². The highest BCUT2D eigenvalue weighted by atomic mass is 16.7. The number of amides is 1. The van der Waals surface area contributed by atoms with E-state index in [1.54, 1.807) is 6.92 Å². The van der Waals surface area contributed by atoms with Crippen LogP contribution in [0.5, 0.6) is 0 Å². The fourth-order valence-corrected chi connectivity index (χ4v) is 2.25. The molecule has 1 amide bonds. The Morgan fingerprint density at radius 3 is 2.68 bits per heavy atom. The van der Waals surface area contributed by atoms with Gasteiger partial charge in [0.2, 0.25) is 5.91 Å². The Hall–Kier alpha value is -1.47. The molecule has 0 spiro atoms. The summed E-state index contributed by atoms with van der Waals surface area (Å²) in [6.07, 6.45) is -2.52. The van der Waals surface area contributed by atoms with Crippen LogP contribution in [-0.4, -0.2) is 42.2 Å². The van der Waals surface area contributed by atoms with Crippen LogP contribution < -0.4 is 5.32 Å². The second-order valence-corrected chi connectivity index (χ2v) is 5.44. The van der Waals surface area contributed by atoms with E-state index in [0.717, 1.165) is 5.56 Å². The molecule has 5 unspecified atom stereocenters. The Kier molecular flexibility index (Phi) is 5.90. The minimum atomic E-state index is -1.06. The first-order valence-electron chi connectivity index (χ1n) is 7.40. The molecule has 22 heavy (non-hydrogen) atoms. The smallest absolute Gasteiger partial charge is 0.218 e. The van der Waals surface area contributed by atoms with E-state index in [2.05, 4.69) is 5.32 Å². The second-order valence-electron chi connectivity index (χ2n) is 5.44. The highest BCUT2D eigenvalue weighted by Crippen LogP contribution is 2.27. The summed E-state index contributed by atoms with van der Waals surface area (Å²) in [7, 11) is 0. The Morgan fingerprint density at radius 2 is 2.09 bits per heavy atom. The van der Waals surface area contributed by atoms with Crippen LogP contribution in [0.2, 0.25) is 0 Å². The number of carbonyl (C=O) groups excluding carboxylic acids is 1. The van der Waals surface area contributed by atoms with Crippen molar-refractivity contribution >= 4 is 5.91 Å². The lowest BCUT2D eigenvalue weighted by molar-refractivity contribution is -0.272. The number of aliphatic hydroxyl groups is 1. The molecule has 1 aliphatic rings. The summed E-state index contributed by atoms with van der Waals surface area (Å²) < 4.78 is 17.3. The second kappa shape index (κ2) is 7.69. The van der Waals surface area contributed by atoms with Gasteiger partial charge in [0, 0.05) is 12.5 Å². The molecule has 0 bridgehead atoms. The number of hydrogen-bond acceptors (Lipinski definition) is 5. The summed E-state index contributed by atoms with van der Waals surface area (Å²) in [6, 6.07) is 9.69. The molecule has 1 saturated heterocycles. The molecule has 1 heterocycles. The maximum absolute atomic E-state index is 10.9. The molecule has 6 nitrogen and oxygen atoms in total. The lowest BCUT2D eigenvalue weighted by Gasteiger charge is -2.36. The van der Waals surface area contributed by atoms with E-state index in [-0.39, 0.29) is 18.1 Å². The molecule has 1 aliphatic heterocycles. The summed E-state index contributed by atoms with van der Waals surface area (Å²) in [4.78, 5) is 10.9. The number of benzene rings is 1. The first-order valence-corrected chi connectivity index (χ1v) is 7.40. The highest BCUT2D eigenvalue weighted by Gasteiger charge is 2.32. The molecule has 6 heteroatoms. The summed E-state index contributed by atoms with van der Waals surface area (Å²) >= 11 is 0. The van der Waals surface area contributed by atoms with E-state index >= 15 is 0 Å². The van der Waals surface area contributed by atoms with Gasteiger partial charge in [-0.25, -0.2) is 0 Å². The van der Waals surface area contributed by atoms with Crippen molar-refractivity contribution in [1.29, 1.82) is 0 Å². The Labute approximate surface area is 130 Å². The maximum Gasteiger partial charge on any atom is 0.218 e. The van der Waals surface area contributed by atoms with Gasteiger partial charge in [0.1, 0.15) is 6.10 Å². The third-order valence-corrected chi connectivity index (χ3v) is 3.53. The fourth-order valence-electron chi connectivity index (χ4n) is 2.25. The topological polar surface area (TPSA) is 77.0 Å². The third kappa shape index (κ3) is 4.51. The number of nitrogens with one attached hydrogen (secondary N) is 1. The maximum atomic E-state index is 10.9. The van der Waals surface area contributed by atoms with E-state index in [1.807, 2.05) is 37.3 Å². The van der Waals surface area contributed by atoms with Crippen molar-refractivity contribution in [2.75, 3.05) is 6.61 Å². The minimum Gasteiger partial charge on any atom is -0.371 e. The minimum absolute atomic E-state index is 0.189. The summed E-state index contributed by atoms with van der Waals surface area (Å²) in [6.45, 7) is 5.30. The molecular formula is C16H23NO5. The Morgan fingerprint density at radius 1 is 1.41 bits per heavy atom. The van der Waals surface area contributed by atoms with E-state index in [0.29, 0.717) is 6.61 Å². The van der Waals surface area contributed by atoms with Gasteiger partial charge in [0.05, 0.1) is 18.8 Å². The van der Waals surface area contributed by atoms with Gasteiger partial charge >= 0.3 is 0 Å². The molecule has 2 N–H and O–H groups in total. The van der Waals surface area contributed by atoms with Crippen LogP contribution in [0.1, 0.15) is 32.6 Å². The molecule has 1 aromatic rings. The monoisotopic (exact) mass is 309 g/mol. The number of aliphatic hydroxyl groups excluding tert-OH is 1. The van der Waals surface area contributed by atoms with Gasteiger partial charge in [0.15, 0.2) is 12.5 Å². The van der Waals surface area contributed by atoms with Gasteiger partial charge in [-0.1, -0.05) is 30.3 Å². The molecule has 0 aromatic heterocycles. The van der Waals surface area contributed by atoms with Crippen molar-refractivity contribution in [3.8, 4) is 0 Å². The van der Waals surface area contributed by atoms with Crippen LogP contribution in [0.3, 0.4) is 0 Å². The highest BCUT2D eigenvalue weighted by molar-refractivity contribution is 5.73. The number of ether oxygens (including phenoxy) is 3. The summed E-state index contributed by atoms with van der Waals surface area (Å²) in [5.41, 5.74) is 0.958. The van der Waals surface area contributed by atoms with Crippen LogP contribution in [0.25, 0.3) is 0 Å². The molecule has 0 radical (unpaired) electrons. The average molecular weight is 309 g/mol. The van der Waals surface area contributed by atoms with Crippen LogP contribution in [0.4, 0.5) is 0 Å². The number of hydrogen-bond donors (Lipinski definition) is 2. The predicted molar refractivity (Wildman–Crippen MR) is 79.8 cm³/mol. The van der Waals surface area contributed by atoms with E-state index in [9.17, 15) is 9.90 Å². The van der Waals surface area contributed by atoms with E-state index < -0.39 is 18.6 Å². The molecular weight excluding hydrogens is 286 g/mol. The predicted octanol–water partition coefficient (Wildman–Crippen LogP) is 1.35. The zero-order valence-electron chi connectivity index (χ0n) is 13.1. The van der Waals surface area contributed by atoms with Crippen molar-refractivity contribution in [2.45, 2.75) is 51.6 Å². The normalized spacial score (nSPS) is 27.9. The van der Waals surface area contributed by atoms with Gasteiger partial charge in [-0.05, 0) is 13.8 Å². The molecule has 2 rings (SSSR count). The van der Waals surface area contributed by atoms with Crippen LogP contribution in [0, 0.1) is 0 Å². The summed E-state index contributed by atoms with van der Waals surface area (Å²) in [5.74, 6) is -0.309. The first kappa shape index (κ1) is 16.9. The van der Waals surface area contributed by atoms with Crippen molar-refractivity contribution in [2.24, 2.45) is 0 Å². The Bertz CT molecular complexity index is 481. The van der Waals surface area contributed by atoms with Crippen LogP contribution in [0.15, 0.2) is 30.3 Å². The zero-order chi connectivity index (χ0) is 16.1. The van der Waals surface area contributed by atoms with E-state index in [1.165, 1.54) is 6.92 Å². The fraction of sp³-hybridized carbons (Fsp3) is 0.562. The lowest BCUT2D eigenvalue weighted by Crippen LogP contribution is -2.48. The van der Waals surface area contributed by atoms with Crippen molar-refractivity contribution in [3.05, 3.63) is 35.9 Å². The van der Waals surface area contributed by atoms with Crippen molar-refractivity contribution in [1.82, 2.24) is 5.32 Å². The SMILES string of the molecule is CC(=O)NC(O)C(C)OC1COC(c2ccccc2)OC1C. The zero-order valence-corrected chi connectivity index (χ0v) is 13.1. The van der Waals surface area contributed by atoms with Gasteiger partial charge in [-0.3, -0.25) is 4.79 Å². The lowest BCUT2D eigenvalue weighted by atomic mass is 10.1. The third-order valence-electron chi connectivity index (χ3n) is 3.53. The van der Waals surface area contributed by atoms with Crippen molar-refractivity contribution < 1.29 is 24.1 Å². The molecule has 1 fully saturated rings. The first-order chi connectivity index (χ1) is 10.5. The quantitative estimate of drug-likeness (QED) is 0.803. The Balaban J connectivity index is 1.87. The largest absolute Gasteiger partial charge is 0.371 e. The van der Waals surface area contributed by atoms with Gasteiger partial charge in [0.25, 0.3) is 0 Å². The van der Waals surface area contributed by atoms with Gasteiger partial charge < -0.3 is 24.6 Å². The molecule has 5 atom stereocenters. The van der Waals surface area contributed by atoms with Crippen LogP contribution in [-0.2, 0) is 19.0 Å². The van der Waals surface area contributed by atoms with Gasteiger partial charge in [-0.15, -0.1) is 0 Å². The number of rotatable bonds is 5. The molecule has 1 aromatic carbocycles.